The summed E-state index contributed by atoms with van der Waals surface area (Å²) in [6.45, 7) is 2.19. The van der Waals surface area contributed by atoms with Crippen molar-refractivity contribution in [2.24, 2.45) is 4.99 Å². The molecule has 0 saturated carbocycles. The van der Waals surface area contributed by atoms with E-state index in [-0.39, 0.29) is 0 Å². The topological polar surface area (TPSA) is 37.3 Å². The molecule has 5 heteroatoms. The summed E-state index contributed by atoms with van der Waals surface area (Å²) < 4.78 is 3.27. The monoisotopic (exact) mass is 287 g/mol. The highest BCUT2D eigenvalue weighted by Crippen LogP contribution is 2.36. The van der Waals surface area contributed by atoms with Crippen LogP contribution in [0.4, 0.5) is 5.69 Å². The molecular formula is C14H13N3S2. The number of hydrogen-bond acceptors (Lipinski definition) is 5. The van der Waals surface area contributed by atoms with Crippen LogP contribution < -0.4 is 4.72 Å². The summed E-state index contributed by atoms with van der Waals surface area (Å²) in [5.74, 6) is 0. The van der Waals surface area contributed by atoms with Gasteiger partial charge in [0, 0.05) is 17.6 Å². The number of aliphatic imine (C=N–C) groups is 1. The van der Waals surface area contributed by atoms with Gasteiger partial charge in [0.1, 0.15) is 0 Å². The number of thioether (sulfide) groups is 1. The van der Waals surface area contributed by atoms with Gasteiger partial charge in [-0.05, 0) is 30.5 Å². The number of hydrogen-bond donors (Lipinski definition) is 1. The third-order valence-corrected chi connectivity index (χ3v) is 4.79. The molecule has 96 valence electrons. The van der Waals surface area contributed by atoms with Gasteiger partial charge in [-0.3, -0.25) is 4.98 Å². The highest BCUT2D eigenvalue weighted by Gasteiger charge is 2.15. The minimum absolute atomic E-state index is 0.372. The molecule has 2 aromatic rings. The summed E-state index contributed by atoms with van der Waals surface area (Å²) in [7, 11) is 0. The van der Waals surface area contributed by atoms with Crippen LogP contribution in [0.3, 0.4) is 0 Å². The minimum Gasteiger partial charge on any atom is -0.305 e. The smallest absolute Gasteiger partial charge is 0.172 e. The van der Waals surface area contributed by atoms with E-state index in [9.17, 15) is 0 Å². The average Bonchev–Trinajstić information content (AvgIpc) is 2.48. The van der Waals surface area contributed by atoms with Crippen LogP contribution in [-0.2, 0) is 0 Å². The van der Waals surface area contributed by atoms with Gasteiger partial charge in [-0.15, -0.1) is 0 Å². The molecule has 0 radical (unpaired) electrons. The number of amidine groups is 1. The second kappa shape index (κ2) is 5.67. The van der Waals surface area contributed by atoms with Gasteiger partial charge in [-0.25, -0.2) is 4.99 Å². The number of fused-ring (bicyclic) bond motifs is 1. The number of nitrogens with zero attached hydrogens (tertiary/aromatic N) is 2. The first-order valence-corrected chi connectivity index (χ1v) is 7.70. The molecule has 1 aromatic heterocycles. The van der Waals surface area contributed by atoms with Gasteiger partial charge >= 0.3 is 0 Å². The van der Waals surface area contributed by atoms with E-state index in [1.54, 1.807) is 29.9 Å². The molecule has 0 fully saturated rings. The quantitative estimate of drug-likeness (QED) is 0.841. The van der Waals surface area contributed by atoms with E-state index >= 15 is 0 Å². The fraction of sp³-hybridized carbons (Fsp3) is 0.143. The Morgan fingerprint density at radius 2 is 2.05 bits per heavy atom. The van der Waals surface area contributed by atoms with Crippen molar-refractivity contribution >= 4 is 34.6 Å². The maximum Gasteiger partial charge on any atom is 0.172 e. The molecule has 1 aliphatic rings. The van der Waals surface area contributed by atoms with Crippen molar-refractivity contribution in [3.8, 4) is 0 Å². The first-order valence-electron chi connectivity index (χ1n) is 6.00. The predicted octanol–water partition coefficient (Wildman–Crippen LogP) is 4.17. The van der Waals surface area contributed by atoms with Crippen molar-refractivity contribution in [2.45, 2.75) is 17.1 Å². The van der Waals surface area contributed by atoms with Crippen LogP contribution in [0.2, 0.25) is 0 Å². The first kappa shape index (κ1) is 12.6. The Bertz CT molecular complexity index is 599. The minimum atomic E-state index is 0.372. The molecular weight excluding hydrogens is 274 g/mol. The molecule has 3 rings (SSSR count). The van der Waals surface area contributed by atoms with Crippen LogP contribution in [0.15, 0.2) is 58.7 Å². The van der Waals surface area contributed by atoms with Crippen molar-refractivity contribution in [2.75, 3.05) is 0 Å². The Labute approximate surface area is 121 Å². The zero-order valence-corrected chi connectivity index (χ0v) is 12.0. The van der Waals surface area contributed by atoms with Gasteiger partial charge in [-0.1, -0.05) is 42.1 Å². The van der Waals surface area contributed by atoms with Crippen LogP contribution in [0.1, 0.15) is 17.7 Å². The van der Waals surface area contributed by atoms with E-state index in [4.69, 9.17) is 0 Å². The summed E-state index contributed by atoms with van der Waals surface area (Å²) in [5.41, 5.74) is 2.30. The lowest BCUT2D eigenvalue weighted by Crippen LogP contribution is -2.15. The number of aromatic nitrogens is 1. The second-order valence-electron chi connectivity index (χ2n) is 4.14. The lowest BCUT2D eigenvalue weighted by atomic mass is 10.2. The van der Waals surface area contributed by atoms with Gasteiger partial charge < -0.3 is 4.72 Å². The van der Waals surface area contributed by atoms with Crippen LogP contribution >= 0.6 is 23.7 Å². The molecule has 1 atom stereocenters. The van der Waals surface area contributed by atoms with E-state index in [1.165, 1.54) is 5.56 Å². The van der Waals surface area contributed by atoms with Crippen molar-refractivity contribution in [1.82, 2.24) is 9.71 Å². The molecule has 1 aliphatic heterocycles. The molecule has 0 bridgehead atoms. The Morgan fingerprint density at radius 1 is 1.21 bits per heavy atom. The number of rotatable bonds is 2. The maximum absolute atomic E-state index is 4.62. The highest BCUT2D eigenvalue weighted by atomic mass is 32.2. The van der Waals surface area contributed by atoms with Gasteiger partial charge in [0.25, 0.3) is 0 Å². The molecule has 1 unspecified atom stereocenters. The van der Waals surface area contributed by atoms with Crippen molar-refractivity contribution < 1.29 is 0 Å². The molecule has 3 nitrogen and oxygen atoms in total. The van der Waals surface area contributed by atoms with Crippen LogP contribution in [0, 0.1) is 0 Å². The van der Waals surface area contributed by atoms with Gasteiger partial charge in [0.15, 0.2) is 5.17 Å². The number of benzene rings is 1. The lowest BCUT2D eigenvalue weighted by Gasteiger charge is -2.18. The molecule has 2 heterocycles. The summed E-state index contributed by atoms with van der Waals surface area (Å²) >= 11 is 3.30. The van der Waals surface area contributed by atoms with Crippen LogP contribution in [0.25, 0.3) is 0 Å². The van der Waals surface area contributed by atoms with E-state index < -0.39 is 0 Å². The number of pyridine rings is 1. The third-order valence-electron chi connectivity index (χ3n) is 2.79. The molecule has 19 heavy (non-hydrogen) atoms. The summed E-state index contributed by atoms with van der Waals surface area (Å²) in [6, 6.07) is 12.4. The van der Waals surface area contributed by atoms with E-state index in [0.29, 0.717) is 5.25 Å². The standard InChI is InChI=1S/C14H13N3S2/c1-10(11-5-3-2-4-6-11)18-14-16-12-7-8-15-9-13(12)19-17-14/h2-10H,1H3,(H,16,17). The van der Waals surface area contributed by atoms with Crippen LogP contribution in [-0.4, -0.2) is 10.2 Å². The highest BCUT2D eigenvalue weighted by molar-refractivity contribution is 8.15. The third kappa shape index (κ3) is 2.93. The van der Waals surface area contributed by atoms with Crippen molar-refractivity contribution in [3.05, 3.63) is 54.4 Å². The predicted molar refractivity (Wildman–Crippen MR) is 82.8 cm³/mol. The fourth-order valence-electron chi connectivity index (χ4n) is 1.78. The number of nitrogens with one attached hydrogen (secondary N) is 1. The van der Waals surface area contributed by atoms with Crippen molar-refractivity contribution in [1.29, 1.82) is 0 Å². The zero-order valence-electron chi connectivity index (χ0n) is 10.4. The summed E-state index contributed by atoms with van der Waals surface area (Å²) in [6.07, 6.45) is 3.61. The van der Waals surface area contributed by atoms with Gasteiger partial charge in [0.2, 0.25) is 0 Å². The average molecular weight is 287 g/mol. The molecule has 0 spiro atoms. The van der Waals surface area contributed by atoms with E-state index in [2.05, 4.69) is 45.9 Å². The molecule has 0 aliphatic carbocycles. The van der Waals surface area contributed by atoms with Gasteiger partial charge in [0.05, 0.1) is 10.6 Å². The van der Waals surface area contributed by atoms with Crippen LogP contribution in [0.5, 0.6) is 0 Å². The molecule has 1 N–H and O–H groups in total. The zero-order chi connectivity index (χ0) is 13.1. The first-order chi connectivity index (χ1) is 9.33. The van der Waals surface area contributed by atoms with E-state index in [0.717, 1.165) is 15.8 Å². The Balaban J connectivity index is 1.77. The lowest BCUT2D eigenvalue weighted by molar-refractivity contribution is 1.11. The molecule has 0 amide bonds. The second-order valence-corrected chi connectivity index (χ2v) is 6.31. The Hall–Kier alpha value is -1.46. The molecule has 1 aromatic carbocycles. The van der Waals surface area contributed by atoms with E-state index in [1.807, 2.05) is 18.3 Å². The normalized spacial score (nSPS) is 15.1. The molecule has 0 saturated heterocycles. The SMILES string of the molecule is CC(SC1=Nc2ccncc2SN1)c1ccccc1. The Morgan fingerprint density at radius 3 is 2.89 bits per heavy atom. The van der Waals surface area contributed by atoms with Crippen molar-refractivity contribution in [3.63, 3.8) is 0 Å². The summed E-state index contributed by atoms with van der Waals surface area (Å²) in [4.78, 5) is 9.78. The fourth-order valence-corrected chi connectivity index (χ4v) is 3.46. The van der Waals surface area contributed by atoms with Gasteiger partial charge in [-0.2, -0.15) is 0 Å². The Kier molecular flexibility index (Phi) is 3.75. The largest absolute Gasteiger partial charge is 0.305 e. The maximum atomic E-state index is 4.62. The summed E-state index contributed by atoms with van der Waals surface area (Å²) in [5, 5.41) is 1.32.